The summed E-state index contributed by atoms with van der Waals surface area (Å²) in [6, 6.07) is 0. The smallest absolute Gasteiger partial charge is 0.246 e. The second-order valence-corrected chi connectivity index (χ2v) is 3.22. The first kappa shape index (κ1) is 7.54. The van der Waals surface area contributed by atoms with E-state index < -0.39 is 0 Å². The highest BCUT2D eigenvalue weighted by Gasteiger charge is 2.32. The Hall–Kier alpha value is -0.570. The molecule has 1 fully saturated rings. The van der Waals surface area contributed by atoms with Crippen LogP contribution < -0.4 is 5.32 Å². The highest BCUT2D eigenvalue weighted by atomic mass is 16.5. The third kappa shape index (κ3) is 1.29. The van der Waals surface area contributed by atoms with Gasteiger partial charge in [0.25, 0.3) is 0 Å². The van der Waals surface area contributed by atoms with E-state index in [2.05, 4.69) is 5.32 Å². The van der Waals surface area contributed by atoms with Crippen molar-refractivity contribution in [1.82, 2.24) is 5.32 Å². The number of rotatable bonds is 0. The predicted molar refractivity (Wildman–Crippen MR) is 37.6 cm³/mol. The standard InChI is InChI=1S/C7H13NO2/c1-5-7(2,3)8-6(9)4-10-5/h5H,4H2,1-3H3,(H,8,9). The Bertz CT molecular complexity index is 154. The van der Waals surface area contributed by atoms with Crippen molar-refractivity contribution in [3.63, 3.8) is 0 Å². The molecule has 1 N–H and O–H groups in total. The average molecular weight is 143 g/mol. The highest BCUT2D eigenvalue weighted by Crippen LogP contribution is 2.15. The van der Waals surface area contributed by atoms with Crippen LogP contribution in [0.4, 0.5) is 0 Å². The fourth-order valence-corrected chi connectivity index (χ4v) is 0.906. The molecule has 1 unspecified atom stereocenters. The van der Waals surface area contributed by atoms with Crippen LogP contribution in [-0.4, -0.2) is 24.2 Å². The van der Waals surface area contributed by atoms with Gasteiger partial charge in [0.05, 0.1) is 11.6 Å². The molecule has 0 saturated carbocycles. The summed E-state index contributed by atoms with van der Waals surface area (Å²) in [7, 11) is 0. The molecule has 58 valence electrons. The van der Waals surface area contributed by atoms with Gasteiger partial charge in [-0.05, 0) is 20.8 Å². The van der Waals surface area contributed by atoms with Crippen LogP contribution in [0.1, 0.15) is 20.8 Å². The molecule has 0 spiro atoms. The zero-order chi connectivity index (χ0) is 7.78. The van der Waals surface area contributed by atoms with Crippen LogP contribution in [0, 0.1) is 0 Å². The van der Waals surface area contributed by atoms with E-state index in [-0.39, 0.29) is 24.2 Å². The van der Waals surface area contributed by atoms with E-state index in [1.54, 1.807) is 0 Å². The molecule has 1 saturated heterocycles. The molecule has 1 rings (SSSR count). The molecule has 0 aromatic heterocycles. The Kier molecular flexibility index (Phi) is 1.68. The van der Waals surface area contributed by atoms with Crippen molar-refractivity contribution in [1.29, 1.82) is 0 Å². The zero-order valence-electron chi connectivity index (χ0n) is 6.60. The molecule has 1 amide bonds. The second kappa shape index (κ2) is 2.23. The van der Waals surface area contributed by atoms with Gasteiger partial charge >= 0.3 is 0 Å². The molecule has 0 bridgehead atoms. The molecule has 10 heavy (non-hydrogen) atoms. The number of hydrogen-bond donors (Lipinski definition) is 1. The minimum Gasteiger partial charge on any atom is -0.366 e. The quantitative estimate of drug-likeness (QED) is 0.529. The first-order valence-electron chi connectivity index (χ1n) is 3.45. The fraction of sp³-hybridized carbons (Fsp3) is 0.857. The van der Waals surface area contributed by atoms with E-state index >= 15 is 0 Å². The van der Waals surface area contributed by atoms with E-state index in [1.165, 1.54) is 0 Å². The van der Waals surface area contributed by atoms with Crippen LogP contribution in [0.25, 0.3) is 0 Å². The van der Waals surface area contributed by atoms with Gasteiger partial charge in [-0.25, -0.2) is 0 Å². The minimum atomic E-state index is -0.213. The van der Waals surface area contributed by atoms with Gasteiger partial charge in [0.2, 0.25) is 5.91 Å². The van der Waals surface area contributed by atoms with Crippen molar-refractivity contribution in [3.8, 4) is 0 Å². The SMILES string of the molecule is CC1OCC(=O)NC1(C)C. The Morgan fingerprint density at radius 1 is 1.70 bits per heavy atom. The van der Waals surface area contributed by atoms with Crippen LogP contribution in [-0.2, 0) is 9.53 Å². The molecule has 0 aliphatic carbocycles. The molecular formula is C7H13NO2. The van der Waals surface area contributed by atoms with Crippen molar-refractivity contribution in [2.75, 3.05) is 6.61 Å². The Morgan fingerprint density at radius 3 is 2.70 bits per heavy atom. The number of nitrogens with one attached hydrogen (secondary N) is 1. The van der Waals surface area contributed by atoms with Crippen LogP contribution in [0.3, 0.4) is 0 Å². The Labute approximate surface area is 60.7 Å². The van der Waals surface area contributed by atoms with E-state index in [0.717, 1.165) is 0 Å². The van der Waals surface area contributed by atoms with Crippen LogP contribution in [0.2, 0.25) is 0 Å². The molecule has 0 radical (unpaired) electrons. The van der Waals surface area contributed by atoms with Crippen molar-refractivity contribution in [2.45, 2.75) is 32.4 Å². The number of carbonyl (C=O) groups excluding carboxylic acids is 1. The zero-order valence-corrected chi connectivity index (χ0v) is 6.60. The summed E-state index contributed by atoms with van der Waals surface area (Å²) < 4.78 is 5.19. The summed E-state index contributed by atoms with van der Waals surface area (Å²) in [5.41, 5.74) is -0.213. The van der Waals surface area contributed by atoms with Crippen LogP contribution >= 0.6 is 0 Å². The molecule has 1 aliphatic rings. The second-order valence-electron chi connectivity index (χ2n) is 3.22. The van der Waals surface area contributed by atoms with Gasteiger partial charge in [-0.3, -0.25) is 4.79 Å². The monoisotopic (exact) mass is 143 g/mol. The Morgan fingerprint density at radius 2 is 2.30 bits per heavy atom. The van der Waals surface area contributed by atoms with Crippen LogP contribution in [0.5, 0.6) is 0 Å². The summed E-state index contributed by atoms with van der Waals surface area (Å²) in [5.74, 6) is -0.0249. The van der Waals surface area contributed by atoms with Crippen molar-refractivity contribution < 1.29 is 9.53 Å². The van der Waals surface area contributed by atoms with Gasteiger partial charge in [-0.2, -0.15) is 0 Å². The molecule has 1 heterocycles. The largest absolute Gasteiger partial charge is 0.366 e. The summed E-state index contributed by atoms with van der Waals surface area (Å²) in [5, 5.41) is 2.84. The van der Waals surface area contributed by atoms with E-state index in [4.69, 9.17) is 4.74 Å². The van der Waals surface area contributed by atoms with E-state index in [9.17, 15) is 4.79 Å². The summed E-state index contributed by atoms with van der Waals surface area (Å²) in [6.07, 6.45) is 0.102. The van der Waals surface area contributed by atoms with Crippen LogP contribution in [0.15, 0.2) is 0 Å². The molecule has 0 aromatic rings. The normalized spacial score (nSPS) is 31.5. The lowest BCUT2D eigenvalue weighted by Crippen LogP contribution is -2.57. The number of hydrogen-bond acceptors (Lipinski definition) is 2. The summed E-state index contributed by atoms with van der Waals surface area (Å²) in [6.45, 7) is 6.06. The first-order chi connectivity index (χ1) is 4.52. The van der Waals surface area contributed by atoms with Crippen molar-refractivity contribution in [3.05, 3.63) is 0 Å². The third-order valence-electron chi connectivity index (χ3n) is 1.94. The molecule has 1 aliphatic heterocycles. The third-order valence-corrected chi connectivity index (χ3v) is 1.94. The molecule has 3 nitrogen and oxygen atoms in total. The fourth-order valence-electron chi connectivity index (χ4n) is 0.906. The lowest BCUT2D eigenvalue weighted by atomic mass is 9.97. The first-order valence-corrected chi connectivity index (χ1v) is 3.45. The topological polar surface area (TPSA) is 38.3 Å². The maximum absolute atomic E-state index is 10.8. The van der Waals surface area contributed by atoms with E-state index in [0.29, 0.717) is 0 Å². The van der Waals surface area contributed by atoms with Crippen molar-refractivity contribution >= 4 is 5.91 Å². The van der Waals surface area contributed by atoms with Gasteiger partial charge in [0.1, 0.15) is 6.61 Å². The number of amides is 1. The van der Waals surface area contributed by atoms with Crippen molar-refractivity contribution in [2.24, 2.45) is 0 Å². The molecule has 1 atom stereocenters. The maximum atomic E-state index is 10.8. The Balaban J connectivity index is 2.63. The number of carbonyl (C=O) groups is 1. The summed E-state index contributed by atoms with van der Waals surface area (Å²) in [4.78, 5) is 10.8. The van der Waals surface area contributed by atoms with Gasteiger partial charge in [-0.15, -0.1) is 0 Å². The highest BCUT2D eigenvalue weighted by molar-refractivity contribution is 5.78. The molecular weight excluding hydrogens is 130 g/mol. The van der Waals surface area contributed by atoms with Gasteiger partial charge < -0.3 is 10.1 Å². The van der Waals surface area contributed by atoms with E-state index in [1.807, 2.05) is 20.8 Å². The number of ether oxygens (including phenoxy) is 1. The lowest BCUT2D eigenvalue weighted by molar-refractivity contribution is -0.140. The summed E-state index contributed by atoms with van der Waals surface area (Å²) >= 11 is 0. The van der Waals surface area contributed by atoms with Gasteiger partial charge in [0, 0.05) is 0 Å². The van der Waals surface area contributed by atoms with Gasteiger partial charge in [0.15, 0.2) is 0 Å². The predicted octanol–water partition coefficient (Wildman–Crippen LogP) is 0.300. The minimum absolute atomic E-state index is 0.0249. The number of morpholine rings is 1. The van der Waals surface area contributed by atoms with Gasteiger partial charge in [-0.1, -0.05) is 0 Å². The molecule has 0 aromatic carbocycles. The maximum Gasteiger partial charge on any atom is 0.246 e. The lowest BCUT2D eigenvalue weighted by Gasteiger charge is -2.36. The average Bonchev–Trinajstić information content (AvgIpc) is 1.78. The molecule has 3 heteroatoms.